The van der Waals surface area contributed by atoms with Gasteiger partial charge in [0.25, 0.3) is 0 Å². The predicted molar refractivity (Wildman–Crippen MR) is 64.6 cm³/mol. The minimum Gasteiger partial charge on any atom is -0.365 e. The number of benzene rings is 1. The lowest BCUT2D eigenvalue weighted by Gasteiger charge is -2.26. The van der Waals surface area contributed by atoms with E-state index >= 15 is 0 Å². The van der Waals surface area contributed by atoms with Crippen molar-refractivity contribution in [2.24, 2.45) is 5.90 Å². The molecule has 0 radical (unpaired) electrons. The molecule has 1 atom stereocenters. The van der Waals surface area contributed by atoms with E-state index in [4.69, 9.17) is 10.7 Å². The van der Waals surface area contributed by atoms with Gasteiger partial charge in [0, 0.05) is 11.0 Å². The van der Waals surface area contributed by atoms with Gasteiger partial charge in [0.05, 0.1) is 18.3 Å². The van der Waals surface area contributed by atoms with Gasteiger partial charge >= 0.3 is 0 Å². The molecule has 0 aromatic heterocycles. The molecular formula is C11H15BrN2O. The first kappa shape index (κ1) is 10.9. The van der Waals surface area contributed by atoms with Crippen molar-refractivity contribution in [3.05, 3.63) is 28.7 Å². The van der Waals surface area contributed by atoms with Gasteiger partial charge in [-0.25, -0.2) is 5.90 Å². The number of anilines is 1. The van der Waals surface area contributed by atoms with E-state index in [2.05, 4.69) is 39.0 Å². The van der Waals surface area contributed by atoms with Gasteiger partial charge in [-0.05, 0) is 40.9 Å². The first-order valence-corrected chi connectivity index (χ1v) is 5.95. The highest BCUT2D eigenvalue weighted by molar-refractivity contribution is 9.10. The molecule has 1 heterocycles. The van der Waals surface area contributed by atoms with Crippen LogP contribution in [-0.4, -0.2) is 19.2 Å². The largest absolute Gasteiger partial charge is 0.365 e. The monoisotopic (exact) mass is 270 g/mol. The Balaban J connectivity index is 2.19. The number of rotatable bonds is 3. The molecule has 3 nitrogen and oxygen atoms in total. The normalized spacial score (nSPS) is 20.9. The topological polar surface area (TPSA) is 38.5 Å². The van der Waals surface area contributed by atoms with Gasteiger partial charge in [0.1, 0.15) is 0 Å². The molecule has 1 aliphatic rings. The maximum Gasteiger partial charge on any atom is 0.0882 e. The average Bonchev–Trinajstić information content (AvgIpc) is 2.67. The lowest BCUT2D eigenvalue weighted by Crippen LogP contribution is -2.34. The van der Waals surface area contributed by atoms with Crippen LogP contribution in [-0.2, 0) is 4.84 Å². The third kappa shape index (κ3) is 2.33. The molecule has 15 heavy (non-hydrogen) atoms. The Bertz CT molecular complexity index is 332. The highest BCUT2D eigenvalue weighted by atomic mass is 79.9. The van der Waals surface area contributed by atoms with Crippen molar-refractivity contribution in [2.45, 2.75) is 18.9 Å². The van der Waals surface area contributed by atoms with Gasteiger partial charge in [0.2, 0.25) is 0 Å². The molecule has 2 rings (SSSR count). The molecule has 0 saturated carbocycles. The highest BCUT2D eigenvalue weighted by Gasteiger charge is 2.25. The van der Waals surface area contributed by atoms with Crippen LogP contribution >= 0.6 is 15.9 Å². The molecule has 2 N–H and O–H groups in total. The van der Waals surface area contributed by atoms with Crippen LogP contribution in [0.1, 0.15) is 12.8 Å². The highest BCUT2D eigenvalue weighted by Crippen LogP contribution is 2.31. The quantitative estimate of drug-likeness (QED) is 0.857. The fourth-order valence-electron chi connectivity index (χ4n) is 2.12. The summed E-state index contributed by atoms with van der Waals surface area (Å²) in [5, 5.41) is 0. The molecule has 0 aliphatic carbocycles. The standard InChI is InChI=1S/C11H15BrN2O/c12-10-5-1-2-6-11(10)14-7-3-4-9(14)8-15-13/h1-2,5-6,9H,3-4,7-8,13H2. The van der Waals surface area contributed by atoms with Crippen LogP contribution in [0.3, 0.4) is 0 Å². The lowest BCUT2D eigenvalue weighted by atomic mass is 10.2. The smallest absolute Gasteiger partial charge is 0.0882 e. The van der Waals surface area contributed by atoms with E-state index in [-0.39, 0.29) is 0 Å². The molecule has 1 fully saturated rings. The second-order valence-corrected chi connectivity index (χ2v) is 4.63. The van der Waals surface area contributed by atoms with E-state index in [0.717, 1.165) is 17.4 Å². The fourth-order valence-corrected chi connectivity index (χ4v) is 2.63. The third-order valence-corrected chi connectivity index (χ3v) is 3.50. The maximum atomic E-state index is 5.15. The first-order valence-electron chi connectivity index (χ1n) is 5.16. The summed E-state index contributed by atoms with van der Waals surface area (Å²) in [4.78, 5) is 7.12. The number of nitrogens with two attached hydrogens (primary N) is 1. The second-order valence-electron chi connectivity index (χ2n) is 3.77. The van der Waals surface area contributed by atoms with Crippen molar-refractivity contribution in [1.82, 2.24) is 0 Å². The fraction of sp³-hybridized carbons (Fsp3) is 0.455. The third-order valence-electron chi connectivity index (χ3n) is 2.83. The zero-order chi connectivity index (χ0) is 10.7. The van der Waals surface area contributed by atoms with Crippen LogP contribution in [0.25, 0.3) is 0 Å². The van der Waals surface area contributed by atoms with E-state index in [0.29, 0.717) is 12.6 Å². The zero-order valence-electron chi connectivity index (χ0n) is 8.53. The molecule has 1 aromatic carbocycles. The summed E-state index contributed by atoms with van der Waals surface area (Å²) in [7, 11) is 0. The van der Waals surface area contributed by atoms with Crippen molar-refractivity contribution in [2.75, 3.05) is 18.1 Å². The Hall–Kier alpha value is -0.580. The Morgan fingerprint density at radius 1 is 1.47 bits per heavy atom. The van der Waals surface area contributed by atoms with Gasteiger partial charge < -0.3 is 9.74 Å². The summed E-state index contributed by atoms with van der Waals surface area (Å²) in [6.07, 6.45) is 2.36. The van der Waals surface area contributed by atoms with Gasteiger partial charge in [-0.2, -0.15) is 0 Å². The molecule has 0 bridgehead atoms. The van der Waals surface area contributed by atoms with E-state index in [1.165, 1.54) is 12.1 Å². The first-order chi connectivity index (χ1) is 7.33. The summed E-state index contributed by atoms with van der Waals surface area (Å²) in [5.41, 5.74) is 1.23. The molecule has 1 aliphatic heterocycles. The Kier molecular flexibility index (Phi) is 3.61. The minimum absolute atomic E-state index is 0.411. The average molecular weight is 271 g/mol. The Morgan fingerprint density at radius 2 is 2.27 bits per heavy atom. The van der Waals surface area contributed by atoms with Crippen LogP contribution in [0.2, 0.25) is 0 Å². The molecule has 1 saturated heterocycles. The summed E-state index contributed by atoms with van der Waals surface area (Å²) >= 11 is 3.57. The van der Waals surface area contributed by atoms with Crippen molar-refractivity contribution in [3.63, 3.8) is 0 Å². The van der Waals surface area contributed by atoms with Gasteiger partial charge in [-0.3, -0.25) is 0 Å². The summed E-state index contributed by atoms with van der Waals surface area (Å²) in [5.74, 6) is 5.15. The van der Waals surface area contributed by atoms with E-state index in [1.807, 2.05) is 6.07 Å². The van der Waals surface area contributed by atoms with Crippen molar-refractivity contribution in [3.8, 4) is 0 Å². The molecule has 1 aromatic rings. The predicted octanol–water partition coefficient (Wildman–Crippen LogP) is 2.31. The Morgan fingerprint density at radius 3 is 3.00 bits per heavy atom. The van der Waals surface area contributed by atoms with Gasteiger partial charge in [0.15, 0.2) is 0 Å². The van der Waals surface area contributed by atoms with Gasteiger partial charge in [-0.1, -0.05) is 12.1 Å². The number of halogens is 1. The maximum absolute atomic E-state index is 5.15. The zero-order valence-corrected chi connectivity index (χ0v) is 10.1. The molecule has 82 valence electrons. The summed E-state index contributed by atoms with van der Waals surface area (Å²) < 4.78 is 1.13. The number of hydrogen-bond donors (Lipinski definition) is 1. The lowest BCUT2D eigenvalue weighted by molar-refractivity contribution is 0.124. The summed E-state index contributed by atoms with van der Waals surface area (Å²) in [6, 6.07) is 8.68. The number of nitrogens with zero attached hydrogens (tertiary/aromatic N) is 1. The summed E-state index contributed by atoms with van der Waals surface area (Å²) in [6.45, 7) is 1.68. The number of hydrogen-bond acceptors (Lipinski definition) is 3. The molecule has 4 heteroatoms. The van der Waals surface area contributed by atoms with Crippen molar-refractivity contribution in [1.29, 1.82) is 0 Å². The van der Waals surface area contributed by atoms with Crippen LogP contribution < -0.4 is 10.8 Å². The van der Waals surface area contributed by atoms with Crippen LogP contribution in [0.15, 0.2) is 28.7 Å². The van der Waals surface area contributed by atoms with Crippen LogP contribution in [0.5, 0.6) is 0 Å². The van der Waals surface area contributed by atoms with Crippen LogP contribution in [0, 0.1) is 0 Å². The molecular weight excluding hydrogens is 256 g/mol. The molecule has 0 amide bonds. The minimum atomic E-state index is 0.411. The second kappa shape index (κ2) is 4.96. The van der Waals surface area contributed by atoms with E-state index in [9.17, 15) is 0 Å². The molecule has 1 unspecified atom stereocenters. The SMILES string of the molecule is NOCC1CCCN1c1ccccc1Br. The van der Waals surface area contributed by atoms with Crippen molar-refractivity contribution >= 4 is 21.6 Å². The Labute approximate surface area is 98.3 Å². The van der Waals surface area contributed by atoms with Gasteiger partial charge in [-0.15, -0.1) is 0 Å². The number of para-hydroxylation sites is 1. The van der Waals surface area contributed by atoms with E-state index < -0.39 is 0 Å². The van der Waals surface area contributed by atoms with E-state index in [1.54, 1.807) is 0 Å². The molecule has 0 spiro atoms. The van der Waals surface area contributed by atoms with Crippen molar-refractivity contribution < 1.29 is 4.84 Å². The van der Waals surface area contributed by atoms with Crippen LogP contribution in [0.4, 0.5) is 5.69 Å².